The summed E-state index contributed by atoms with van der Waals surface area (Å²) >= 11 is 0. The van der Waals surface area contributed by atoms with Crippen LogP contribution in [0.15, 0.2) is 72.8 Å². The van der Waals surface area contributed by atoms with Gasteiger partial charge in [0.1, 0.15) is 17.3 Å². The van der Waals surface area contributed by atoms with E-state index < -0.39 is 54.4 Å². The summed E-state index contributed by atoms with van der Waals surface area (Å²) in [5.41, 5.74) is -2.09. The van der Waals surface area contributed by atoms with Crippen LogP contribution in [0.2, 0.25) is 0 Å². The highest BCUT2D eigenvalue weighted by atomic mass is 19.4. The van der Waals surface area contributed by atoms with Crippen LogP contribution in [-0.4, -0.2) is 30.1 Å². The number of ether oxygens (including phenoxy) is 1. The molecule has 0 aliphatic heterocycles. The Labute approximate surface area is 213 Å². The van der Waals surface area contributed by atoms with E-state index in [0.717, 1.165) is 4.90 Å². The third kappa shape index (κ3) is 7.80. The molecule has 3 rings (SSSR count). The Balaban J connectivity index is 0.00000247. The summed E-state index contributed by atoms with van der Waals surface area (Å²) in [5.74, 6) is -6.23. The number of nitrogens with zero attached hydrogens (tertiary/aromatic N) is 1. The van der Waals surface area contributed by atoms with E-state index in [4.69, 9.17) is 4.74 Å². The number of benzene rings is 3. The molecule has 208 valence electrons. The van der Waals surface area contributed by atoms with Crippen LogP contribution >= 0.6 is 0 Å². The third-order valence-electron chi connectivity index (χ3n) is 5.07. The molecule has 0 spiro atoms. The van der Waals surface area contributed by atoms with E-state index in [1.165, 1.54) is 24.3 Å². The lowest BCUT2D eigenvalue weighted by molar-refractivity contribution is -0.289. The molecule has 3 aromatic carbocycles. The number of anilines is 1. The van der Waals surface area contributed by atoms with Crippen molar-refractivity contribution in [2.75, 3.05) is 11.4 Å². The zero-order valence-electron chi connectivity index (χ0n) is 20.1. The molecule has 0 aliphatic carbocycles. The summed E-state index contributed by atoms with van der Waals surface area (Å²) in [6.07, 6.45) is -13.9. The van der Waals surface area contributed by atoms with Gasteiger partial charge in [0.15, 0.2) is 6.10 Å². The van der Waals surface area contributed by atoms with E-state index in [9.17, 15) is 44.6 Å². The molecule has 0 heterocycles. The average Bonchev–Trinajstić information content (AvgIpc) is 2.85. The quantitative estimate of drug-likeness (QED) is 0.285. The summed E-state index contributed by atoms with van der Waals surface area (Å²) in [6.45, 7) is 2.23. The second kappa shape index (κ2) is 12.4. The van der Waals surface area contributed by atoms with Gasteiger partial charge in [0.2, 0.25) is 0 Å². The minimum atomic E-state index is -5.97. The summed E-state index contributed by atoms with van der Waals surface area (Å²) in [7, 11) is 0. The zero-order chi connectivity index (χ0) is 28.7. The van der Waals surface area contributed by atoms with Gasteiger partial charge >= 0.3 is 18.3 Å². The number of halogens is 9. The minimum absolute atomic E-state index is 0.0177. The fraction of sp³-hybridized carbons (Fsp3) is 0.308. The Hall–Kier alpha value is -3.41. The van der Waals surface area contributed by atoms with Crippen LogP contribution in [0.5, 0.6) is 11.5 Å². The van der Waals surface area contributed by atoms with Gasteiger partial charge in [-0.2, -0.15) is 35.1 Å². The third-order valence-corrected chi connectivity index (χ3v) is 5.07. The zero-order valence-corrected chi connectivity index (χ0v) is 20.1. The van der Waals surface area contributed by atoms with Crippen LogP contribution < -0.4 is 9.64 Å². The molecule has 0 fully saturated rings. The molecule has 0 saturated carbocycles. The molecular formula is C26H24F9NO2. The Morgan fingerprint density at radius 1 is 0.789 bits per heavy atom. The molecule has 0 amide bonds. The van der Waals surface area contributed by atoms with Gasteiger partial charge in [0.05, 0.1) is 6.54 Å². The molecule has 38 heavy (non-hydrogen) atoms. The lowest BCUT2D eigenvalue weighted by Crippen LogP contribution is -2.41. The number of hydrogen-bond donors (Lipinski definition) is 1. The highest BCUT2D eigenvalue weighted by molar-refractivity contribution is 5.52. The van der Waals surface area contributed by atoms with E-state index in [0.29, 0.717) is 17.9 Å². The predicted molar refractivity (Wildman–Crippen MR) is 124 cm³/mol. The van der Waals surface area contributed by atoms with E-state index in [-0.39, 0.29) is 17.5 Å². The van der Waals surface area contributed by atoms with Gasteiger partial charge in [-0.3, -0.25) is 0 Å². The topological polar surface area (TPSA) is 32.7 Å². The number of aliphatic hydroxyl groups is 1. The first-order valence-corrected chi connectivity index (χ1v) is 11.2. The Morgan fingerprint density at radius 3 is 1.95 bits per heavy atom. The molecule has 0 aliphatic rings. The first kappa shape index (κ1) is 30.8. The van der Waals surface area contributed by atoms with Gasteiger partial charge in [0.25, 0.3) is 0 Å². The average molecular weight is 553 g/mol. The first-order chi connectivity index (χ1) is 17.7. The number of aliphatic hydroxyl groups excluding tert-OH is 1. The van der Waals surface area contributed by atoms with Gasteiger partial charge in [-0.15, -0.1) is 0 Å². The smallest absolute Gasteiger partial charge is 0.457 e. The fourth-order valence-electron chi connectivity index (χ4n) is 3.18. The van der Waals surface area contributed by atoms with Crippen molar-refractivity contribution in [1.29, 1.82) is 0 Å². The van der Waals surface area contributed by atoms with E-state index in [2.05, 4.69) is 0 Å². The molecule has 0 saturated heterocycles. The van der Waals surface area contributed by atoms with Crippen molar-refractivity contribution < 1.29 is 49.4 Å². The molecule has 1 atom stereocenters. The Kier molecular flexibility index (Phi) is 10.1. The van der Waals surface area contributed by atoms with Gasteiger partial charge in [-0.1, -0.05) is 50.2 Å². The van der Waals surface area contributed by atoms with Gasteiger partial charge in [0, 0.05) is 29.4 Å². The van der Waals surface area contributed by atoms with Gasteiger partial charge in [-0.25, -0.2) is 4.39 Å². The van der Waals surface area contributed by atoms with Gasteiger partial charge < -0.3 is 14.7 Å². The lowest BCUT2D eigenvalue weighted by atomic mass is 10.0. The van der Waals surface area contributed by atoms with Gasteiger partial charge in [-0.05, 0) is 30.3 Å². The van der Waals surface area contributed by atoms with Crippen LogP contribution in [0.1, 0.15) is 25.0 Å². The molecule has 1 N–H and O–H groups in total. The molecule has 0 aromatic heterocycles. The normalized spacial score (nSPS) is 12.8. The fourth-order valence-corrected chi connectivity index (χ4v) is 3.18. The summed E-state index contributed by atoms with van der Waals surface area (Å²) in [6, 6.07) is 14.8. The predicted octanol–water partition coefficient (Wildman–Crippen LogP) is 8.23. The first-order valence-electron chi connectivity index (χ1n) is 11.2. The molecule has 12 heteroatoms. The maximum Gasteiger partial charge on any atom is 0.458 e. The van der Waals surface area contributed by atoms with Crippen molar-refractivity contribution in [1.82, 2.24) is 0 Å². The van der Waals surface area contributed by atoms with Crippen molar-refractivity contribution in [3.8, 4) is 11.5 Å². The summed E-state index contributed by atoms with van der Waals surface area (Å²) in [5, 5.41) is 9.59. The second-order valence-corrected chi connectivity index (χ2v) is 7.73. The van der Waals surface area contributed by atoms with E-state index in [1.54, 1.807) is 30.3 Å². The van der Waals surface area contributed by atoms with Crippen molar-refractivity contribution in [2.45, 2.75) is 44.8 Å². The van der Waals surface area contributed by atoms with Crippen LogP contribution in [0.25, 0.3) is 0 Å². The van der Waals surface area contributed by atoms with Crippen LogP contribution in [0.4, 0.5) is 45.2 Å². The van der Waals surface area contributed by atoms with Crippen molar-refractivity contribution in [2.24, 2.45) is 0 Å². The molecule has 1 unspecified atom stereocenters. The molecule has 0 bridgehead atoms. The van der Waals surface area contributed by atoms with Crippen molar-refractivity contribution >= 4 is 5.69 Å². The Bertz CT molecular complexity index is 1170. The maximum atomic E-state index is 14.5. The molecule has 3 nitrogen and oxygen atoms in total. The maximum absolute atomic E-state index is 14.5. The number of alkyl halides is 8. The van der Waals surface area contributed by atoms with E-state index in [1.807, 2.05) is 13.8 Å². The summed E-state index contributed by atoms with van der Waals surface area (Å²) in [4.78, 5) is 0.899. The SMILES string of the molecule is CC.OC(CN(Cc1ccc(C(F)(F)C(F)(F)F)cc1F)c1cccc(Oc2ccccc2)c1)C(F)(F)F. The molecule has 3 aromatic rings. The molecular weight excluding hydrogens is 529 g/mol. The monoisotopic (exact) mass is 553 g/mol. The minimum Gasteiger partial charge on any atom is -0.457 e. The van der Waals surface area contributed by atoms with Crippen molar-refractivity contribution in [3.05, 3.63) is 89.7 Å². The second-order valence-electron chi connectivity index (χ2n) is 7.73. The highest BCUT2D eigenvalue weighted by Crippen LogP contribution is 2.44. The Morgan fingerprint density at radius 2 is 1.39 bits per heavy atom. The summed E-state index contributed by atoms with van der Waals surface area (Å²) < 4.78 is 124. The highest BCUT2D eigenvalue weighted by Gasteiger charge is 2.58. The lowest BCUT2D eigenvalue weighted by Gasteiger charge is -2.29. The number of hydrogen-bond acceptors (Lipinski definition) is 3. The largest absolute Gasteiger partial charge is 0.458 e. The van der Waals surface area contributed by atoms with Crippen molar-refractivity contribution in [3.63, 3.8) is 0 Å². The van der Waals surface area contributed by atoms with Crippen LogP contribution in [0.3, 0.4) is 0 Å². The number of para-hydroxylation sites is 1. The van der Waals surface area contributed by atoms with Crippen LogP contribution in [0, 0.1) is 5.82 Å². The molecule has 0 radical (unpaired) electrons. The number of rotatable bonds is 8. The standard InChI is InChI=1S/C24H18F9NO2.C2H6/c25-20-11-16(22(26,27)24(31,32)33)10-9-15(20)13-34(14-21(35)23(28,29)30)17-5-4-8-19(12-17)36-18-6-2-1-3-7-18;1-2/h1-12,21,35H,13-14H2;1-2H3. The van der Waals surface area contributed by atoms with Crippen LogP contribution in [-0.2, 0) is 12.5 Å². The van der Waals surface area contributed by atoms with E-state index >= 15 is 0 Å².